The van der Waals surface area contributed by atoms with Gasteiger partial charge < -0.3 is 10.2 Å². The highest BCUT2D eigenvalue weighted by Gasteiger charge is 2.23. The number of rotatable bonds is 14. The third kappa shape index (κ3) is 10.7. The zero-order valence-electron chi connectivity index (χ0n) is 14.2. The summed E-state index contributed by atoms with van der Waals surface area (Å²) in [5.41, 5.74) is 0. The van der Waals surface area contributed by atoms with Gasteiger partial charge in [0.1, 0.15) is 12.3 Å². The predicted octanol–water partition coefficient (Wildman–Crippen LogP) is 4.02. The molecule has 0 bridgehead atoms. The molecule has 0 spiro atoms. The van der Waals surface area contributed by atoms with Crippen LogP contribution >= 0.6 is 0 Å². The summed E-state index contributed by atoms with van der Waals surface area (Å²) in [7, 11) is 0. The summed E-state index contributed by atoms with van der Waals surface area (Å²) in [6.07, 6.45) is 11.9. The van der Waals surface area contributed by atoms with Crippen LogP contribution in [0, 0.1) is 0 Å². The Balaban J connectivity index is 3.57. The van der Waals surface area contributed by atoms with Crippen molar-refractivity contribution in [2.75, 3.05) is 6.54 Å². The predicted molar refractivity (Wildman–Crippen MR) is 87.3 cm³/mol. The van der Waals surface area contributed by atoms with Crippen LogP contribution < -0.4 is 0 Å². The molecule has 2 N–H and O–H groups in total. The molecule has 0 aromatic heterocycles. The number of carbonyl (C=O) groups is 1. The number of unbranched alkanes of at least 4 members (excludes halogenated alkanes) is 9. The maximum absolute atomic E-state index is 11.0. The third-order valence-electron chi connectivity index (χ3n) is 4.10. The fourth-order valence-corrected chi connectivity index (χ4v) is 2.63. The number of carboxylic acid groups (broad SMARTS) is 1. The molecule has 0 saturated heterocycles. The summed E-state index contributed by atoms with van der Waals surface area (Å²) in [5.74, 6) is -0.872. The lowest BCUT2D eigenvalue weighted by atomic mass is 10.1. The number of hydrogen-bond donors (Lipinski definition) is 2. The van der Waals surface area contributed by atoms with Crippen LogP contribution in [-0.2, 0) is 4.79 Å². The molecule has 0 fully saturated rings. The summed E-state index contributed by atoms with van der Waals surface area (Å²) < 4.78 is 0. The van der Waals surface area contributed by atoms with Gasteiger partial charge in [0.15, 0.2) is 0 Å². The van der Waals surface area contributed by atoms with E-state index in [4.69, 9.17) is 5.11 Å². The van der Waals surface area contributed by atoms with E-state index in [1.54, 1.807) is 18.7 Å². The van der Waals surface area contributed by atoms with E-state index in [9.17, 15) is 9.90 Å². The van der Waals surface area contributed by atoms with E-state index in [0.717, 1.165) is 12.8 Å². The van der Waals surface area contributed by atoms with Gasteiger partial charge in [0.25, 0.3) is 0 Å². The smallest absolute Gasteiger partial charge is 0.320 e. The molecule has 126 valence electrons. The van der Waals surface area contributed by atoms with Gasteiger partial charge in [0, 0.05) is 6.54 Å². The molecular weight excluding hydrogens is 266 g/mol. The first kappa shape index (κ1) is 20.4. The van der Waals surface area contributed by atoms with Gasteiger partial charge in [-0.15, -0.1) is 0 Å². The zero-order valence-corrected chi connectivity index (χ0v) is 14.2. The average molecular weight is 301 g/mol. The molecule has 0 amide bonds. The minimum Gasteiger partial charge on any atom is -0.480 e. The van der Waals surface area contributed by atoms with Gasteiger partial charge in [0.2, 0.25) is 0 Å². The number of aliphatic carboxylic acids is 1. The van der Waals surface area contributed by atoms with Crippen LogP contribution in [0.15, 0.2) is 0 Å². The normalized spacial score (nSPS) is 14.3. The zero-order chi connectivity index (χ0) is 16.1. The third-order valence-corrected chi connectivity index (χ3v) is 4.10. The molecule has 0 saturated carbocycles. The molecule has 0 aromatic rings. The Morgan fingerprint density at radius 3 is 1.71 bits per heavy atom. The molecule has 2 unspecified atom stereocenters. The number of aliphatic hydroxyl groups excluding tert-OH is 1. The Kier molecular flexibility index (Phi) is 12.7. The van der Waals surface area contributed by atoms with Crippen molar-refractivity contribution in [3.63, 3.8) is 0 Å². The van der Waals surface area contributed by atoms with E-state index in [2.05, 4.69) is 6.92 Å². The fourth-order valence-electron chi connectivity index (χ4n) is 2.63. The van der Waals surface area contributed by atoms with E-state index >= 15 is 0 Å². The molecule has 0 heterocycles. The van der Waals surface area contributed by atoms with Crippen LogP contribution in [0.4, 0.5) is 0 Å². The maximum atomic E-state index is 11.0. The van der Waals surface area contributed by atoms with Crippen LogP contribution in [-0.4, -0.2) is 39.9 Å². The van der Waals surface area contributed by atoms with Crippen LogP contribution in [0.1, 0.15) is 85.0 Å². The van der Waals surface area contributed by atoms with Gasteiger partial charge in [-0.1, -0.05) is 64.7 Å². The number of aliphatic hydroxyl groups is 1. The molecule has 0 aliphatic rings. The van der Waals surface area contributed by atoms with E-state index in [-0.39, 0.29) is 0 Å². The van der Waals surface area contributed by atoms with Gasteiger partial charge in [-0.2, -0.15) is 0 Å². The Morgan fingerprint density at radius 1 is 0.905 bits per heavy atom. The van der Waals surface area contributed by atoms with Crippen LogP contribution in [0.3, 0.4) is 0 Å². The van der Waals surface area contributed by atoms with Gasteiger partial charge in [0.05, 0.1) is 0 Å². The van der Waals surface area contributed by atoms with E-state index < -0.39 is 18.2 Å². The summed E-state index contributed by atoms with van der Waals surface area (Å²) in [4.78, 5) is 12.6. The van der Waals surface area contributed by atoms with Crippen molar-refractivity contribution in [2.45, 2.75) is 97.2 Å². The highest BCUT2D eigenvalue weighted by Crippen LogP contribution is 2.12. The Hall–Kier alpha value is -0.610. The van der Waals surface area contributed by atoms with Gasteiger partial charge in [-0.3, -0.25) is 9.69 Å². The van der Waals surface area contributed by atoms with E-state index in [1.807, 2.05) is 0 Å². The first-order valence-corrected chi connectivity index (χ1v) is 8.67. The van der Waals surface area contributed by atoms with Crippen molar-refractivity contribution in [3.8, 4) is 0 Å². The number of hydrogen-bond acceptors (Lipinski definition) is 3. The van der Waals surface area contributed by atoms with Crippen molar-refractivity contribution in [1.82, 2.24) is 4.90 Å². The lowest BCUT2D eigenvalue weighted by molar-refractivity contribution is -0.147. The van der Waals surface area contributed by atoms with Gasteiger partial charge in [-0.05, 0) is 20.3 Å². The molecule has 4 nitrogen and oxygen atoms in total. The molecule has 0 aliphatic heterocycles. The van der Waals surface area contributed by atoms with Crippen molar-refractivity contribution < 1.29 is 15.0 Å². The molecule has 0 rings (SSSR count). The van der Waals surface area contributed by atoms with Gasteiger partial charge in [-0.25, -0.2) is 0 Å². The lowest BCUT2D eigenvalue weighted by Crippen LogP contribution is -2.45. The summed E-state index contributed by atoms with van der Waals surface area (Å²) in [6.45, 7) is 6.16. The molecule has 0 aliphatic carbocycles. The summed E-state index contributed by atoms with van der Waals surface area (Å²) >= 11 is 0. The second-order valence-corrected chi connectivity index (χ2v) is 6.07. The van der Waals surface area contributed by atoms with Crippen molar-refractivity contribution in [3.05, 3.63) is 0 Å². The second kappa shape index (κ2) is 13.1. The van der Waals surface area contributed by atoms with Crippen LogP contribution in [0.2, 0.25) is 0 Å². The highest BCUT2D eigenvalue weighted by molar-refractivity contribution is 5.72. The first-order valence-electron chi connectivity index (χ1n) is 8.67. The van der Waals surface area contributed by atoms with E-state index in [1.165, 1.54) is 51.4 Å². The molecule has 21 heavy (non-hydrogen) atoms. The monoisotopic (exact) mass is 301 g/mol. The Labute approximate surface area is 130 Å². The quantitative estimate of drug-likeness (QED) is 0.376. The molecule has 0 aromatic carbocycles. The Bertz CT molecular complexity index is 256. The standard InChI is InChI=1S/C17H35NO3/c1-4-5-6-7-8-9-10-11-12-13-14-18(16(3)19)15(2)17(20)21/h15-16,19H,4-14H2,1-3H3,(H,20,21). The fraction of sp³-hybridized carbons (Fsp3) is 0.941. The average Bonchev–Trinajstić information content (AvgIpc) is 2.43. The minimum atomic E-state index is -0.872. The largest absolute Gasteiger partial charge is 0.480 e. The topological polar surface area (TPSA) is 60.8 Å². The SMILES string of the molecule is CCCCCCCCCCCCN(C(C)O)C(C)C(=O)O. The lowest BCUT2D eigenvalue weighted by Gasteiger charge is -2.28. The number of carboxylic acids is 1. The highest BCUT2D eigenvalue weighted by atomic mass is 16.4. The van der Waals surface area contributed by atoms with Crippen LogP contribution in [0.5, 0.6) is 0 Å². The minimum absolute atomic E-state index is 0.622. The molecular formula is C17H35NO3. The van der Waals surface area contributed by atoms with E-state index in [0.29, 0.717) is 6.54 Å². The van der Waals surface area contributed by atoms with Crippen LogP contribution in [0.25, 0.3) is 0 Å². The summed E-state index contributed by atoms with van der Waals surface area (Å²) in [6, 6.07) is -0.622. The maximum Gasteiger partial charge on any atom is 0.320 e. The first-order chi connectivity index (χ1) is 10.0. The van der Waals surface area contributed by atoms with Crippen molar-refractivity contribution in [2.24, 2.45) is 0 Å². The van der Waals surface area contributed by atoms with Crippen molar-refractivity contribution in [1.29, 1.82) is 0 Å². The van der Waals surface area contributed by atoms with Gasteiger partial charge >= 0.3 is 5.97 Å². The second-order valence-electron chi connectivity index (χ2n) is 6.07. The van der Waals surface area contributed by atoms with Crippen molar-refractivity contribution >= 4 is 5.97 Å². The molecule has 4 heteroatoms. The summed E-state index contributed by atoms with van der Waals surface area (Å²) in [5, 5.41) is 18.6. The molecule has 0 radical (unpaired) electrons. The Morgan fingerprint density at radius 2 is 1.33 bits per heavy atom. The molecule has 2 atom stereocenters. The number of nitrogens with zero attached hydrogens (tertiary/aromatic N) is 1.